The van der Waals surface area contributed by atoms with E-state index in [1.54, 1.807) is 13.8 Å². The molecule has 2 N–H and O–H groups in total. The Morgan fingerprint density at radius 1 is 1.35 bits per heavy atom. The Hall–Kier alpha value is -1.08. The SMILES string of the molecule is COC(=O)c1sc(C(C)(C)S(C)(=O)=O)c(C(C)C)c1N. The number of nitrogens with two attached hydrogens (primary N) is 1. The van der Waals surface area contributed by atoms with Gasteiger partial charge in [0.15, 0.2) is 9.84 Å². The Labute approximate surface area is 124 Å². The third kappa shape index (κ3) is 2.69. The predicted octanol–water partition coefficient (Wildman–Crippen LogP) is 2.52. The average Bonchev–Trinajstić information content (AvgIpc) is 2.65. The molecule has 0 spiro atoms. The fourth-order valence-electron chi connectivity index (χ4n) is 1.89. The number of hydrogen-bond donors (Lipinski definition) is 1. The van der Waals surface area contributed by atoms with Crippen LogP contribution in [-0.4, -0.2) is 27.8 Å². The summed E-state index contributed by atoms with van der Waals surface area (Å²) in [5.74, 6) is -0.523. The van der Waals surface area contributed by atoms with Crippen LogP contribution in [0.1, 0.15) is 53.7 Å². The number of nitrogen functional groups attached to an aromatic ring is 1. The molecule has 0 atom stereocenters. The molecule has 0 amide bonds. The largest absolute Gasteiger partial charge is 0.465 e. The van der Waals surface area contributed by atoms with Crippen LogP contribution in [0.5, 0.6) is 0 Å². The Balaban J connectivity index is 3.68. The Morgan fingerprint density at radius 2 is 1.85 bits per heavy atom. The predicted molar refractivity (Wildman–Crippen MR) is 82.0 cm³/mol. The maximum absolute atomic E-state index is 12.0. The van der Waals surface area contributed by atoms with E-state index in [1.807, 2.05) is 13.8 Å². The summed E-state index contributed by atoms with van der Waals surface area (Å²) in [5, 5.41) is 0. The summed E-state index contributed by atoms with van der Waals surface area (Å²) in [6, 6.07) is 0. The Morgan fingerprint density at radius 3 is 2.20 bits per heavy atom. The normalized spacial score (nSPS) is 12.8. The van der Waals surface area contributed by atoms with E-state index in [1.165, 1.54) is 13.4 Å². The number of carbonyl (C=O) groups excluding carboxylic acids is 1. The van der Waals surface area contributed by atoms with Gasteiger partial charge in [0.2, 0.25) is 0 Å². The van der Waals surface area contributed by atoms with Crippen LogP contribution in [0.2, 0.25) is 0 Å². The van der Waals surface area contributed by atoms with Crippen molar-refractivity contribution in [2.24, 2.45) is 0 Å². The third-order valence-corrected chi connectivity index (χ3v) is 7.12. The Kier molecular flexibility index (Phi) is 4.55. The van der Waals surface area contributed by atoms with Crippen molar-refractivity contribution in [3.63, 3.8) is 0 Å². The summed E-state index contributed by atoms with van der Waals surface area (Å²) >= 11 is 1.10. The molecule has 7 heteroatoms. The molecule has 0 aliphatic carbocycles. The molecule has 1 aromatic rings. The molecule has 0 fully saturated rings. The van der Waals surface area contributed by atoms with Crippen LogP contribution in [0, 0.1) is 0 Å². The number of rotatable bonds is 4. The lowest BCUT2D eigenvalue weighted by Gasteiger charge is -2.24. The van der Waals surface area contributed by atoms with Crippen molar-refractivity contribution in [2.45, 2.75) is 38.4 Å². The number of sulfone groups is 1. The van der Waals surface area contributed by atoms with Gasteiger partial charge in [-0.1, -0.05) is 13.8 Å². The number of carbonyl (C=O) groups is 1. The molecule has 0 saturated heterocycles. The van der Waals surface area contributed by atoms with Gasteiger partial charge in [-0.15, -0.1) is 11.3 Å². The second-order valence-electron chi connectivity index (χ2n) is 5.52. The molecule has 5 nitrogen and oxygen atoms in total. The van der Waals surface area contributed by atoms with Crippen LogP contribution in [0.3, 0.4) is 0 Å². The lowest BCUT2D eigenvalue weighted by Crippen LogP contribution is -2.28. The molecular formula is C13H21NO4S2. The maximum Gasteiger partial charge on any atom is 0.350 e. The monoisotopic (exact) mass is 319 g/mol. The van der Waals surface area contributed by atoms with Crippen molar-refractivity contribution in [3.8, 4) is 0 Å². The van der Waals surface area contributed by atoms with E-state index in [2.05, 4.69) is 0 Å². The standard InChI is InChI=1S/C13H21NO4S2/c1-7(2)8-9(14)10(12(15)18-5)19-11(8)13(3,4)20(6,16)17/h7H,14H2,1-6H3. The van der Waals surface area contributed by atoms with Gasteiger partial charge in [0.1, 0.15) is 9.62 Å². The molecule has 0 aromatic carbocycles. The third-order valence-electron chi connectivity index (χ3n) is 3.41. The van der Waals surface area contributed by atoms with Gasteiger partial charge in [0.05, 0.1) is 12.8 Å². The highest BCUT2D eigenvalue weighted by Gasteiger charge is 2.39. The lowest BCUT2D eigenvalue weighted by atomic mass is 9.96. The average molecular weight is 319 g/mol. The minimum absolute atomic E-state index is 0.0145. The highest BCUT2D eigenvalue weighted by atomic mass is 32.2. The second-order valence-corrected chi connectivity index (χ2v) is 9.10. The molecule has 0 unspecified atom stereocenters. The zero-order chi connectivity index (χ0) is 15.9. The number of thiophene rings is 1. The summed E-state index contributed by atoms with van der Waals surface area (Å²) < 4.78 is 27.7. The van der Waals surface area contributed by atoms with Crippen molar-refractivity contribution < 1.29 is 17.9 Å². The van der Waals surface area contributed by atoms with Gasteiger partial charge in [-0.05, 0) is 25.3 Å². The molecule has 0 bridgehead atoms. The van der Waals surface area contributed by atoms with Crippen LogP contribution < -0.4 is 5.73 Å². The highest BCUT2D eigenvalue weighted by molar-refractivity contribution is 7.91. The minimum atomic E-state index is -3.34. The van der Waals surface area contributed by atoms with E-state index in [4.69, 9.17) is 10.5 Å². The number of esters is 1. The quantitative estimate of drug-likeness (QED) is 0.862. The summed E-state index contributed by atoms with van der Waals surface area (Å²) in [6.07, 6.45) is 1.19. The van der Waals surface area contributed by atoms with Gasteiger partial charge in [-0.2, -0.15) is 0 Å². The van der Waals surface area contributed by atoms with E-state index in [0.29, 0.717) is 16.1 Å². The van der Waals surface area contributed by atoms with E-state index in [9.17, 15) is 13.2 Å². The molecule has 0 aliphatic rings. The van der Waals surface area contributed by atoms with Crippen LogP contribution in [0.25, 0.3) is 0 Å². The van der Waals surface area contributed by atoms with Crippen molar-refractivity contribution in [2.75, 3.05) is 19.1 Å². The smallest absolute Gasteiger partial charge is 0.350 e. The fraction of sp³-hybridized carbons (Fsp3) is 0.615. The molecule has 0 aliphatic heterocycles. The van der Waals surface area contributed by atoms with Crippen LogP contribution >= 0.6 is 11.3 Å². The number of ether oxygens (including phenoxy) is 1. The number of methoxy groups -OCH3 is 1. The van der Waals surface area contributed by atoms with Gasteiger partial charge >= 0.3 is 5.97 Å². The van der Waals surface area contributed by atoms with E-state index in [-0.39, 0.29) is 10.8 Å². The van der Waals surface area contributed by atoms with Crippen molar-refractivity contribution in [1.29, 1.82) is 0 Å². The van der Waals surface area contributed by atoms with Crippen LogP contribution in [0.4, 0.5) is 5.69 Å². The summed E-state index contributed by atoms with van der Waals surface area (Å²) in [6.45, 7) is 7.09. The van der Waals surface area contributed by atoms with Gasteiger partial charge in [0.25, 0.3) is 0 Å². The van der Waals surface area contributed by atoms with Crippen LogP contribution in [-0.2, 0) is 19.3 Å². The van der Waals surface area contributed by atoms with Crippen LogP contribution in [0.15, 0.2) is 0 Å². The minimum Gasteiger partial charge on any atom is -0.465 e. The number of anilines is 1. The molecule has 0 radical (unpaired) electrons. The van der Waals surface area contributed by atoms with Crippen molar-refractivity contribution in [1.82, 2.24) is 0 Å². The molecule has 0 saturated carbocycles. The molecule has 114 valence electrons. The molecular weight excluding hydrogens is 298 g/mol. The number of hydrogen-bond acceptors (Lipinski definition) is 6. The van der Waals surface area contributed by atoms with Crippen molar-refractivity contribution >= 4 is 32.8 Å². The summed E-state index contributed by atoms with van der Waals surface area (Å²) in [4.78, 5) is 12.6. The van der Waals surface area contributed by atoms with E-state index in [0.717, 1.165) is 11.3 Å². The molecule has 1 heterocycles. The Bertz CT molecular complexity index is 627. The summed E-state index contributed by atoms with van der Waals surface area (Å²) in [5.41, 5.74) is 7.07. The van der Waals surface area contributed by atoms with E-state index >= 15 is 0 Å². The fourth-order valence-corrected chi connectivity index (χ4v) is 4.21. The lowest BCUT2D eigenvalue weighted by molar-refractivity contribution is 0.0607. The van der Waals surface area contributed by atoms with Gasteiger partial charge in [-0.25, -0.2) is 13.2 Å². The first-order valence-corrected chi connectivity index (χ1v) is 8.86. The zero-order valence-corrected chi connectivity index (χ0v) is 14.2. The topological polar surface area (TPSA) is 86.5 Å². The van der Waals surface area contributed by atoms with Gasteiger partial charge in [-0.3, -0.25) is 0 Å². The highest BCUT2D eigenvalue weighted by Crippen LogP contribution is 2.44. The second kappa shape index (κ2) is 5.37. The first-order valence-electron chi connectivity index (χ1n) is 6.15. The maximum atomic E-state index is 12.0. The first-order chi connectivity index (χ1) is 8.95. The van der Waals surface area contributed by atoms with Crippen molar-refractivity contribution in [3.05, 3.63) is 15.3 Å². The molecule has 1 aromatic heterocycles. The first kappa shape index (κ1) is 17.0. The molecule has 20 heavy (non-hydrogen) atoms. The van der Waals surface area contributed by atoms with E-state index < -0.39 is 20.6 Å². The summed E-state index contributed by atoms with van der Waals surface area (Å²) in [7, 11) is -2.07. The zero-order valence-electron chi connectivity index (χ0n) is 12.6. The van der Waals surface area contributed by atoms with Gasteiger partial charge in [0, 0.05) is 11.1 Å². The molecule has 1 rings (SSSR count). The van der Waals surface area contributed by atoms with Gasteiger partial charge < -0.3 is 10.5 Å².